The van der Waals surface area contributed by atoms with Crippen molar-refractivity contribution in [1.29, 1.82) is 0 Å². The number of hydrogen-bond acceptors (Lipinski definition) is 4. The Kier molecular flexibility index (Phi) is 3.56. The third-order valence-corrected chi connectivity index (χ3v) is 5.49. The van der Waals surface area contributed by atoms with E-state index in [1.54, 1.807) is 0 Å². The van der Waals surface area contributed by atoms with Gasteiger partial charge in [0.15, 0.2) is 5.58 Å². The van der Waals surface area contributed by atoms with E-state index < -0.39 is 0 Å². The predicted molar refractivity (Wildman–Crippen MR) is 119 cm³/mol. The van der Waals surface area contributed by atoms with Gasteiger partial charge in [0.25, 0.3) is 0 Å². The normalized spacial score (nSPS) is 11.7. The maximum Gasteiger partial charge on any atom is 0.227 e. The molecule has 4 aromatic heterocycles. The first-order valence-electron chi connectivity index (χ1n) is 9.93. The van der Waals surface area contributed by atoms with Gasteiger partial charge < -0.3 is 8.83 Å². The van der Waals surface area contributed by atoms with Gasteiger partial charge in [0.05, 0.1) is 5.69 Å². The molecule has 4 nitrogen and oxygen atoms in total. The van der Waals surface area contributed by atoms with Crippen LogP contribution in [0.15, 0.2) is 81.6 Å². The van der Waals surface area contributed by atoms with Crippen LogP contribution in [0.1, 0.15) is 11.3 Å². The summed E-state index contributed by atoms with van der Waals surface area (Å²) in [6.45, 7) is 4.04. The van der Waals surface area contributed by atoms with E-state index in [1.807, 2.05) is 43.3 Å². The van der Waals surface area contributed by atoms with Crippen LogP contribution in [-0.2, 0) is 0 Å². The van der Waals surface area contributed by atoms with Crippen LogP contribution in [0.2, 0.25) is 0 Å². The lowest BCUT2D eigenvalue weighted by Gasteiger charge is -2.01. The molecule has 144 valence electrons. The third kappa shape index (κ3) is 2.61. The maximum atomic E-state index is 6.14. The monoisotopic (exact) mass is 390 g/mol. The average molecular weight is 390 g/mol. The van der Waals surface area contributed by atoms with E-state index in [2.05, 4.69) is 48.3 Å². The summed E-state index contributed by atoms with van der Waals surface area (Å²) in [6, 6.07) is 24.4. The first-order valence-corrected chi connectivity index (χ1v) is 9.93. The Hall–Kier alpha value is -3.92. The molecular weight excluding hydrogens is 372 g/mol. The molecule has 0 spiro atoms. The molecule has 6 rings (SSSR count). The highest BCUT2D eigenvalue weighted by Crippen LogP contribution is 2.36. The molecule has 0 fully saturated rings. The SMILES string of the molecule is Cc1ccc(-c2cc3nc(-c4cccc5c4oc4nc(C)ccc45)ccc3o2)cc1. The largest absolute Gasteiger partial charge is 0.454 e. The zero-order valence-electron chi connectivity index (χ0n) is 16.6. The Balaban J connectivity index is 1.51. The Morgan fingerprint density at radius 3 is 2.47 bits per heavy atom. The standard InChI is InChI=1S/C26H18N2O2/c1-15-6-9-17(10-7-15)24-14-22-23(29-24)13-12-21(28-22)20-5-3-4-18-19-11-8-16(2)27-26(19)30-25(18)20/h3-14H,1-2H3. The highest BCUT2D eigenvalue weighted by atomic mass is 16.3. The van der Waals surface area contributed by atoms with Crippen molar-refractivity contribution < 1.29 is 8.83 Å². The van der Waals surface area contributed by atoms with Crippen LogP contribution in [0, 0.1) is 13.8 Å². The summed E-state index contributed by atoms with van der Waals surface area (Å²) >= 11 is 0. The molecule has 0 aliphatic rings. The van der Waals surface area contributed by atoms with Crippen molar-refractivity contribution in [2.45, 2.75) is 13.8 Å². The van der Waals surface area contributed by atoms with Gasteiger partial charge >= 0.3 is 0 Å². The second-order valence-corrected chi connectivity index (χ2v) is 7.65. The molecule has 0 bridgehead atoms. The van der Waals surface area contributed by atoms with Gasteiger partial charge in [-0.15, -0.1) is 0 Å². The first kappa shape index (κ1) is 17.0. The first-order chi connectivity index (χ1) is 14.7. The van der Waals surface area contributed by atoms with Gasteiger partial charge in [-0.25, -0.2) is 9.97 Å². The minimum atomic E-state index is 0.656. The average Bonchev–Trinajstić information content (AvgIpc) is 3.34. The summed E-state index contributed by atoms with van der Waals surface area (Å²) in [5, 5.41) is 2.06. The van der Waals surface area contributed by atoms with Crippen LogP contribution < -0.4 is 0 Å². The smallest absolute Gasteiger partial charge is 0.227 e. The van der Waals surface area contributed by atoms with Crippen LogP contribution in [-0.4, -0.2) is 9.97 Å². The molecule has 0 saturated carbocycles. The van der Waals surface area contributed by atoms with Crippen LogP contribution in [0.3, 0.4) is 0 Å². The lowest BCUT2D eigenvalue weighted by atomic mass is 10.1. The Morgan fingerprint density at radius 1 is 0.733 bits per heavy atom. The number of hydrogen-bond donors (Lipinski definition) is 0. The second-order valence-electron chi connectivity index (χ2n) is 7.65. The number of rotatable bonds is 2. The van der Waals surface area contributed by atoms with Gasteiger partial charge in [-0.2, -0.15) is 0 Å². The molecule has 0 atom stereocenters. The Bertz CT molecular complexity index is 1560. The summed E-state index contributed by atoms with van der Waals surface area (Å²) < 4.78 is 12.2. The third-order valence-electron chi connectivity index (χ3n) is 5.49. The summed E-state index contributed by atoms with van der Waals surface area (Å²) in [5.74, 6) is 0.816. The van der Waals surface area contributed by atoms with Gasteiger partial charge in [0.2, 0.25) is 5.71 Å². The molecule has 0 radical (unpaired) electrons. The molecule has 0 aliphatic heterocycles. The van der Waals surface area contributed by atoms with Gasteiger partial charge in [0, 0.05) is 33.7 Å². The molecule has 0 aliphatic carbocycles. The van der Waals surface area contributed by atoms with E-state index in [1.165, 1.54) is 5.56 Å². The highest BCUT2D eigenvalue weighted by Gasteiger charge is 2.15. The number of furan rings is 2. The Labute approximate surface area is 172 Å². The van der Waals surface area contributed by atoms with E-state index >= 15 is 0 Å². The fourth-order valence-electron chi connectivity index (χ4n) is 3.91. The number of aromatic nitrogens is 2. The van der Waals surface area contributed by atoms with Crippen LogP contribution in [0.4, 0.5) is 0 Å². The van der Waals surface area contributed by atoms with Gasteiger partial charge in [0.1, 0.15) is 16.9 Å². The van der Waals surface area contributed by atoms with E-state index in [0.29, 0.717) is 5.71 Å². The number of para-hydroxylation sites is 1. The zero-order chi connectivity index (χ0) is 20.2. The Morgan fingerprint density at radius 2 is 1.60 bits per heavy atom. The molecule has 6 aromatic rings. The highest BCUT2D eigenvalue weighted by molar-refractivity contribution is 6.08. The fraction of sp³-hybridized carbons (Fsp3) is 0.0769. The molecule has 30 heavy (non-hydrogen) atoms. The van der Waals surface area contributed by atoms with Crippen LogP contribution in [0.25, 0.3) is 55.7 Å². The van der Waals surface area contributed by atoms with E-state index in [0.717, 1.165) is 55.7 Å². The topological polar surface area (TPSA) is 52.1 Å². The summed E-state index contributed by atoms with van der Waals surface area (Å²) in [4.78, 5) is 9.41. The molecular formula is C26H18N2O2. The number of aryl methyl sites for hydroxylation is 2. The van der Waals surface area contributed by atoms with Crippen molar-refractivity contribution >= 4 is 33.2 Å². The van der Waals surface area contributed by atoms with Crippen LogP contribution >= 0.6 is 0 Å². The molecule has 4 heterocycles. The fourth-order valence-corrected chi connectivity index (χ4v) is 3.91. The molecule has 4 heteroatoms. The van der Waals surface area contributed by atoms with Crippen molar-refractivity contribution in [3.63, 3.8) is 0 Å². The number of pyridine rings is 2. The maximum absolute atomic E-state index is 6.14. The quantitative estimate of drug-likeness (QED) is 0.317. The minimum Gasteiger partial charge on any atom is -0.454 e. The molecule has 2 aromatic carbocycles. The van der Waals surface area contributed by atoms with E-state index in [-0.39, 0.29) is 0 Å². The predicted octanol–water partition coefficient (Wildman–Crippen LogP) is 7.07. The number of nitrogens with zero attached hydrogens (tertiary/aromatic N) is 2. The van der Waals surface area contributed by atoms with Crippen LogP contribution in [0.5, 0.6) is 0 Å². The van der Waals surface area contributed by atoms with Crippen molar-refractivity contribution in [3.8, 4) is 22.6 Å². The van der Waals surface area contributed by atoms with Gasteiger partial charge in [-0.1, -0.05) is 42.0 Å². The van der Waals surface area contributed by atoms with Crippen molar-refractivity contribution in [1.82, 2.24) is 9.97 Å². The summed E-state index contributed by atoms with van der Waals surface area (Å²) in [7, 11) is 0. The lowest BCUT2D eigenvalue weighted by molar-refractivity contribution is 0.631. The lowest BCUT2D eigenvalue weighted by Crippen LogP contribution is -1.83. The van der Waals surface area contributed by atoms with Gasteiger partial charge in [-0.05, 0) is 44.2 Å². The molecule has 0 saturated heterocycles. The summed E-state index contributed by atoms with van der Waals surface area (Å²) in [5.41, 5.74) is 8.05. The zero-order valence-corrected chi connectivity index (χ0v) is 16.6. The minimum absolute atomic E-state index is 0.656. The number of fused-ring (bicyclic) bond motifs is 4. The summed E-state index contributed by atoms with van der Waals surface area (Å²) in [6.07, 6.45) is 0. The van der Waals surface area contributed by atoms with Crippen molar-refractivity contribution in [2.24, 2.45) is 0 Å². The van der Waals surface area contributed by atoms with Crippen molar-refractivity contribution in [2.75, 3.05) is 0 Å². The molecule has 0 N–H and O–H groups in total. The van der Waals surface area contributed by atoms with E-state index in [4.69, 9.17) is 13.8 Å². The second kappa shape index (κ2) is 6.29. The van der Waals surface area contributed by atoms with E-state index in [9.17, 15) is 0 Å². The van der Waals surface area contributed by atoms with Gasteiger partial charge in [-0.3, -0.25) is 0 Å². The molecule has 0 unspecified atom stereocenters. The molecule has 0 amide bonds. The van der Waals surface area contributed by atoms with Crippen molar-refractivity contribution in [3.05, 3.63) is 84.1 Å². The number of benzene rings is 2.